The number of hydrogen-bond acceptors (Lipinski definition) is 5. The molecule has 0 spiro atoms. The molecule has 6 heteroatoms. The van der Waals surface area contributed by atoms with Gasteiger partial charge < -0.3 is 20.1 Å². The average molecular weight is 356 g/mol. The van der Waals surface area contributed by atoms with Crippen LogP contribution in [0.5, 0.6) is 0 Å². The van der Waals surface area contributed by atoms with Crippen molar-refractivity contribution in [1.82, 2.24) is 5.32 Å². The zero-order valence-corrected chi connectivity index (χ0v) is 14.9. The molecule has 138 valence electrons. The third kappa shape index (κ3) is 6.22. The Morgan fingerprint density at radius 3 is 2.42 bits per heavy atom. The molecule has 2 aromatic rings. The molecule has 2 aromatic carbocycles. The first-order chi connectivity index (χ1) is 12.6. The van der Waals surface area contributed by atoms with Crippen LogP contribution >= 0.6 is 0 Å². The van der Waals surface area contributed by atoms with Gasteiger partial charge in [-0.25, -0.2) is 4.79 Å². The Hall–Kier alpha value is -2.86. The monoisotopic (exact) mass is 356 g/mol. The lowest BCUT2D eigenvalue weighted by atomic mass is 10.1. The van der Waals surface area contributed by atoms with E-state index < -0.39 is 5.97 Å². The standard InChI is InChI=1S/C20H24N2O4/c1-22(18-6-3-2-4-7-18)13-5-12-21-19(24)15-26-20(25)17-10-8-16(14-23)9-11-17/h2-4,6-11,23H,5,12-15H2,1H3,(H,21,24). The zero-order valence-electron chi connectivity index (χ0n) is 14.9. The first-order valence-corrected chi connectivity index (χ1v) is 8.50. The Morgan fingerprint density at radius 1 is 1.08 bits per heavy atom. The smallest absolute Gasteiger partial charge is 0.338 e. The Labute approximate surface area is 153 Å². The predicted octanol–water partition coefficient (Wildman–Crippen LogP) is 1.98. The quantitative estimate of drug-likeness (QED) is 0.531. The van der Waals surface area contributed by atoms with Gasteiger partial charge in [-0.2, -0.15) is 0 Å². The van der Waals surface area contributed by atoms with Gasteiger partial charge in [0.1, 0.15) is 0 Å². The average Bonchev–Trinajstić information content (AvgIpc) is 2.70. The topological polar surface area (TPSA) is 78.9 Å². The molecule has 0 aliphatic rings. The van der Waals surface area contributed by atoms with Crippen molar-refractivity contribution in [2.75, 3.05) is 31.6 Å². The van der Waals surface area contributed by atoms with Crippen LogP contribution in [-0.2, 0) is 16.1 Å². The molecule has 0 unspecified atom stereocenters. The highest BCUT2D eigenvalue weighted by molar-refractivity contribution is 5.91. The number of para-hydroxylation sites is 1. The lowest BCUT2D eigenvalue weighted by molar-refractivity contribution is -0.124. The van der Waals surface area contributed by atoms with E-state index in [1.54, 1.807) is 24.3 Å². The van der Waals surface area contributed by atoms with Gasteiger partial charge in [-0.3, -0.25) is 4.79 Å². The number of nitrogens with one attached hydrogen (secondary N) is 1. The molecule has 0 aliphatic carbocycles. The largest absolute Gasteiger partial charge is 0.452 e. The molecule has 0 radical (unpaired) electrons. The number of rotatable bonds is 9. The van der Waals surface area contributed by atoms with Crippen LogP contribution < -0.4 is 10.2 Å². The minimum atomic E-state index is -0.562. The molecule has 6 nitrogen and oxygen atoms in total. The van der Waals surface area contributed by atoms with Gasteiger partial charge in [-0.05, 0) is 36.2 Å². The van der Waals surface area contributed by atoms with Gasteiger partial charge in [-0.15, -0.1) is 0 Å². The minimum absolute atomic E-state index is 0.0861. The summed E-state index contributed by atoms with van der Waals surface area (Å²) < 4.78 is 4.99. The van der Waals surface area contributed by atoms with Crippen molar-refractivity contribution in [3.8, 4) is 0 Å². The van der Waals surface area contributed by atoms with E-state index in [0.29, 0.717) is 17.7 Å². The lowest BCUT2D eigenvalue weighted by Crippen LogP contribution is -2.31. The van der Waals surface area contributed by atoms with Crippen molar-refractivity contribution in [3.63, 3.8) is 0 Å². The van der Waals surface area contributed by atoms with Crippen LogP contribution in [0.2, 0.25) is 0 Å². The Morgan fingerprint density at radius 2 is 1.77 bits per heavy atom. The Balaban J connectivity index is 1.63. The second-order valence-corrected chi connectivity index (χ2v) is 5.89. The number of aliphatic hydroxyl groups is 1. The van der Waals surface area contributed by atoms with E-state index in [1.165, 1.54) is 0 Å². The number of carbonyl (C=O) groups excluding carboxylic acids is 2. The Bertz CT molecular complexity index is 702. The molecule has 0 aromatic heterocycles. The summed E-state index contributed by atoms with van der Waals surface area (Å²) in [6, 6.07) is 16.4. The summed E-state index contributed by atoms with van der Waals surface area (Å²) in [6.45, 7) is 0.923. The highest BCUT2D eigenvalue weighted by Crippen LogP contribution is 2.10. The fraction of sp³-hybridized carbons (Fsp3) is 0.300. The molecule has 2 rings (SSSR count). The minimum Gasteiger partial charge on any atom is -0.452 e. The third-order valence-electron chi connectivity index (χ3n) is 3.90. The maximum atomic E-state index is 11.9. The number of esters is 1. The number of aliphatic hydroxyl groups excluding tert-OH is 1. The van der Waals surface area contributed by atoms with E-state index in [2.05, 4.69) is 10.2 Å². The number of nitrogens with zero attached hydrogens (tertiary/aromatic N) is 1. The summed E-state index contributed by atoms with van der Waals surface area (Å²) in [5.74, 6) is -0.888. The number of benzene rings is 2. The van der Waals surface area contributed by atoms with E-state index in [0.717, 1.165) is 18.7 Å². The first-order valence-electron chi connectivity index (χ1n) is 8.50. The van der Waals surface area contributed by atoms with E-state index in [9.17, 15) is 9.59 Å². The second-order valence-electron chi connectivity index (χ2n) is 5.89. The number of carbonyl (C=O) groups is 2. The lowest BCUT2D eigenvalue weighted by Gasteiger charge is -2.19. The summed E-state index contributed by atoms with van der Waals surface area (Å²) >= 11 is 0. The van der Waals surface area contributed by atoms with Crippen molar-refractivity contribution < 1.29 is 19.4 Å². The summed E-state index contributed by atoms with van der Waals surface area (Å²) in [5.41, 5.74) is 2.18. The maximum Gasteiger partial charge on any atom is 0.338 e. The molecular weight excluding hydrogens is 332 g/mol. The van der Waals surface area contributed by atoms with E-state index in [-0.39, 0.29) is 19.1 Å². The Kier molecular flexibility index (Phi) is 7.64. The number of ether oxygens (including phenoxy) is 1. The van der Waals surface area contributed by atoms with Gasteiger partial charge >= 0.3 is 5.97 Å². The molecule has 0 saturated carbocycles. The zero-order chi connectivity index (χ0) is 18.8. The molecule has 0 atom stereocenters. The first kappa shape index (κ1) is 19.5. The molecule has 26 heavy (non-hydrogen) atoms. The van der Waals surface area contributed by atoms with E-state index in [4.69, 9.17) is 9.84 Å². The van der Waals surface area contributed by atoms with Gasteiger partial charge in [0.25, 0.3) is 5.91 Å². The summed E-state index contributed by atoms with van der Waals surface area (Å²) in [4.78, 5) is 25.7. The van der Waals surface area contributed by atoms with Crippen molar-refractivity contribution in [3.05, 3.63) is 65.7 Å². The van der Waals surface area contributed by atoms with Crippen LogP contribution in [0, 0.1) is 0 Å². The summed E-state index contributed by atoms with van der Waals surface area (Å²) in [7, 11) is 2.00. The van der Waals surface area contributed by atoms with Crippen molar-refractivity contribution in [1.29, 1.82) is 0 Å². The van der Waals surface area contributed by atoms with Gasteiger partial charge in [-0.1, -0.05) is 30.3 Å². The number of anilines is 1. The fourth-order valence-corrected chi connectivity index (χ4v) is 2.37. The van der Waals surface area contributed by atoms with Gasteiger partial charge in [0, 0.05) is 25.8 Å². The van der Waals surface area contributed by atoms with Crippen LogP contribution in [0.4, 0.5) is 5.69 Å². The molecule has 0 heterocycles. The highest BCUT2D eigenvalue weighted by Gasteiger charge is 2.10. The summed E-state index contributed by atoms with van der Waals surface area (Å²) in [5, 5.41) is 11.7. The molecule has 0 bridgehead atoms. The molecule has 0 saturated heterocycles. The van der Waals surface area contributed by atoms with Crippen LogP contribution in [0.25, 0.3) is 0 Å². The molecular formula is C20H24N2O4. The normalized spacial score (nSPS) is 10.2. The number of amides is 1. The fourth-order valence-electron chi connectivity index (χ4n) is 2.37. The van der Waals surface area contributed by atoms with Crippen LogP contribution in [0.15, 0.2) is 54.6 Å². The van der Waals surface area contributed by atoms with E-state index >= 15 is 0 Å². The van der Waals surface area contributed by atoms with Crippen LogP contribution in [0.1, 0.15) is 22.3 Å². The molecule has 0 fully saturated rings. The van der Waals surface area contributed by atoms with Crippen molar-refractivity contribution in [2.45, 2.75) is 13.0 Å². The van der Waals surface area contributed by atoms with Crippen LogP contribution in [0.3, 0.4) is 0 Å². The SMILES string of the molecule is CN(CCCNC(=O)COC(=O)c1ccc(CO)cc1)c1ccccc1. The molecule has 2 N–H and O–H groups in total. The van der Waals surface area contributed by atoms with Gasteiger partial charge in [0.15, 0.2) is 6.61 Å². The molecule has 1 amide bonds. The van der Waals surface area contributed by atoms with Crippen molar-refractivity contribution in [2.24, 2.45) is 0 Å². The van der Waals surface area contributed by atoms with Gasteiger partial charge in [0.05, 0.1) is 12.2 Å². The number of hydrogen-bond donors (Lipinski definition) is 2. The van der Waals surface area contributed by atoms with E-state index in [1.807, 2.05) is 37.4 Å². The maximum absolute atomic E-state index is 11.9. The van der Waals surface area contributed by atoms with Gasteiger partial charge in [0.2, 0.25) is 0 Å². The van der Waals surface area contributed by atoms with Crippen molar-refractivity contribution >= 4 is 17.6 Å². The van der Waals surface area contributed by atoms with Crippen LogP contribution in [-0.4, -0.2) is 43.7 Å². The second kappa shape index (κ2) is 10.2. The highest BCUT2D eigenvalue weighted by atomic mass is 16.5. The third-order valence-corrected chi connectivity index (χ3v) is 3.90. The molecule has 0 aliphatic heterocycles. The predicted molar refractivity (Wildman–Crippen MR) is 100.0 cm³/mol. The summed E-state index contributed by atoms with van der Waals surface area (Å²) in [6.07, 6.45) is 0.785.